The maximum Gasteiger partial charge on any atom is 0.171 e. The van der Waals surface area contributed by atoms with Crippen molar-refractivity contribution < 1.29 is 20.1 Å². The average molecular weight is 373 g/mol. The van der Waals surface area contributed by atoms with Gasteiger partial charge in [0.1, 0.15) is 24.6 Å². The molecule has 4 atom stereocenters. The minimum Gasteiger partial charge on any atom is -0.394 e. The Balaban J connectivity index is 1.92. The van der Waals surface area contributed by atoms with Crippen molar-refractivity contribution in [2.24, 2.45) is 5.84 Å². The number of aromatic nitrogens is 4. The molecule has 0 bridgehead atoms. The highest BCUT2D eigenvalue weighted by molar-refractivity contribution is 5.85. The van der Waals surface area contributed by atoms with E-state index in [1.165, 1.54) is 6.33 Å². The number of nitrogens with zero attached hydrogens (tertiary/aromatic N) is 4. The van der Waals surface area contributed by atoms with E-state index in [0.29, 0.717) is 28.5 Å². The van der Waals surface area contributed by atoms with Crippen LogP contribution in [0.1, 0.15) is 12.1 Å². The second kappa shape index (κ2) is 7.06. The molecule has 11 nitrogen and oxygen atoms in total. The van der Waals surface area contributed by atoms with Crippen LogP contribution in [-0.4, -0.2) is 59.8 Å². The van der Waals surface area contributed by atoms with Crippen molar-refractivity contribution in [3.8, 4) is 0 Å². The summed E-state index contributed by atoms with van der Waals surface area (Å²) >= 11 is 0. The Morgan fingerprint density at radius 3 is 2.81 bits per heavy atom. The Kier molecular flexibility index (Phi) is 4.59. The highest BCUT2D eigenvalue weighted by Crippen LogP contribution is 2.35. The molecule has 11 heteroatoms. The van der Waals surface area contributed by atoms with Crippen LogP contribution in [0.25, 0.3) is 16.9 Å². The van der Waals surface area contributed by atoms with Gasteiger partial charge in [-0.25, -0.2) is 20.8 Å². The third kappa shape index (κ3) is 2.87. The van der Waals surface area contributed by atoms with E-state index in [-0.39, 0.29) is 0 Å². The molecule has 4 rings (SSSR count). The van der Waals surface area contributed by atoms with Crippen LogP contribution >= 0.6 is 0 Å². The third-order valence-electron chi connectivity index (χ3n) is 4.45. The lowest BCUT2D eigenvalue weighted by molar-refractivity contribution is -0.0514. The van der Waals surface area contributed by atoms with Gasteiger partial charge in [0, 0.05) is 6.20 Å². The molecule has 142 valence electrons. The zero-order valence-corrected chi connectivity index (χ0v) is 14.1. The molecule has 0 amide bonds. The van der Waals surface area contributed by atoms with Gasteiger partial charge in [0.15, 0.2) is 29.0 Å². The van der Waals surface area contributed by atoms with E-state index in [1.54, 1.807) is 16.8 Å². The number of aliphatic hydroxyl groups excluding tert-OH is 3. The molecule has 2 aromatic rings. The van der Waals surface area contributed by atoms with Gasteiger partial charge in [0.2, 0.25) is 0 Å². The monoisotopic (exact) mass is 373 g/mol. The first-order valence-corrected chi connectivity index (χ1v) is 8.28. The first-order chi connectivity index (χ1) is 13.2. The number of rotatable bonds is 4. The number of anilines is 1. The molecule has 0 radical (unpaired) electrons. The number of hydrogen-bond donors (Lipinski definition) is 6. The quantitative estimate of drug-likeness (QED) is 0.281. The molecule has 1 fully saturated rings. The first kappa shape index (κ1) is 17.6. The predicted molar refractivity (Wildman–Crippen MR) is 95.5 cm³/mol. The minimum absolute atomic E-state index is 0.298. The van der Waals surface area contributed by atoms with Gasteiger partial charge in [-0.2, -0.15) is 0 Å². The molecule has 0 spiro atoms. The van der Waals surface area contributed by atoms with Crippen LogP contribution in [0.3, 0.4) is 0 Å². The number of ether oxygens (including phenoxy) is 1. The summed E-state index contributed by atoms with van der Waals surface area (Å²) in [6.07, 6.45) is 5.80. The molecular formula is C16H19N7O4. The van der Waals surface area contributed by atoms with Crippen LogP contribution in [0.4, 0.5) is 5.82 Å². The molecule has 2 aliphatic rings. The van der Waals surface area contributed by atoms with Crippen LogP contribution in [0.2, 0.25) is 0 Å². The summed E-state index contributed by atoms with van der Waals surface area (Å²) in [6, 6.07) is 0. The molecule has 7 N–H and O–H groups in total. The fraction of sp³-hybridized carbons (Fsp3) is 0.312. The Hall–Kier alpha value is -2.83. The summed E-state index contributed by atoms with van der Waals surface area (Å²) in [6.45, 7) is -0.437. The van der Waals surface area contributed by atoms with Crippen molar-refractivity contribution in [1.29, 1.82) is 0 Å². The lowest BCUT2D eigenvalue weighted by Gasteiger charge is -2.20. The van der Waals surface area contributed by atoms with Crippen LogP contribution < -0.4 is 16.6 Å². The van der Waals surface area contributed by atoms with Gasteiger partial charge >= 0.3 is 0 Å². The van der Waals surface area contributed by atoms with E-state index in [2.05, 4.69) is 25.7 Å². The molecule has 2 aromatic heterocycles. The largest absolute Gasteiger partial charge is 0.394 e. The second-order valence-corrected chi connectivity index (χ2v) is 6.04. The Bertz CT molecular complexity index is 938. The normalized spacial score (nSPS) is 27.5. The molecule has 2 aliphatic heterocycles. The van der Waals surface area contributed by atoms with Crippen molar-refractivity contribution in [2.75, 3.05) is 12.0 Å². The van der Waals surface area contributed by atoms with E-state index in [1.807, 2.05) is 18.2 Å². The number of nitrogens with one attached hydrogen (secondary N) is 2. The summed E-state index contributed by atoms with van der Waals surface area (Å²) in [7, 11) is 0. The van der Waals surface area contributed by atoms with Gasteiger partial charge in [-0.3, -0.25) is 4.57 Å². The van der Waals surface area contributed by atoms with Crippen LogP contribution in [0.15, 0.2) is 36.8 Å². The fourth-order valence-corrected chi connectivity index (χ4v) is 3.14. The van der Waals surface area contributed by atoms with E-state index >= 15 is 0 Å². The van der Waals surface area contributed by atoms with Crippen LogP contribution in [0.5, 0.6) is 0 Å². The van der Waals surface area contributed by atoms with Crippen molar-refractivity contribution in [3.05, 3.63) is 42.7 Å². The van der Waals surface area contributed by atoms with Gasteiger partial charge in [-0.1, -0.05) is 12.2 Å². The van der Waals surface area contributed by atoms with Gasteiger partial charge < -0.3 is 30.8 Å². The van der Waals surface area contributed by atoms with Crippen LogP contribution in [-0.2, 0) is 4.74 Å². The number of hydrogen-bond acceptors (Lipinski definition) is 10. The molecule has 27 heavy (non-hydrogen) atoms. The Morgan fingerprint density at radius 2 is 2.07 bits per heavy atom. The first-order valence-electron chi connectivity index (χ1n) is 8.28. The summed E-state index contributed by atoms with van der Waals surface area (Å²) in [5.74, 6) is 6.22. The average Bonchev–Trinajstić information content (AvgIpc) is 3.05. The summed E-state index contributed by atoms with van der Waals surface area (Å²) in [5.41, 5.74) is 3.80. The molecule has 0 aromatic carbocycles. The standard InChI is InChI=1S/C16H19N7O4/c17-22-13-10-15(20-7-19-13)23(16-12(26)11(25)9(6-24)27-16)14(21-10)8-4-2-1-3-5-18-8/h1-5,7,9,11-12,16,18,24-26H,6,17H2,(H,19,20,22)/t9-,11-,12-,16-/m1/s1. The molecule has 1 saturated heterocycles. The number of nitrogens with two attached hydrogens (primary N) is 1. The number of imidazole rings is 1. The Labute approximate surface area is 153 Å². The highest BCUT2D eigenvalue weighted by Gasteiger charge is 2.45. The highest BCUT2D eigenvalue weighted by atomic mass is 16.6. The topological polar surface area (TPSA) is 164 Å². The van der Waals surface area contributed by atoms with Gasteiger partial charge in [0.05, 0.1) is 12.3 Å². The number of allylic oxidation sites excluding steroid dienone is 4. The molecular weight excluding hydrogens is 354 g/mol. The number of hydrazine groups is 1. The van der Waals surface area contributed by atoms with E-state index < -0.39 is 31.1 Å². The van der Waals surface area contributed by atoms with Crippen molar-refractivity contribution in [2.45, 2.75) is 24.5 Å². The number of nitrogen functional groups attached to an aromatic ring is 1. The lowest BCUT2D eigenvalue weighted by Crippen LogP contribution is -2.33. The predicted octanol–water partition coefficient (Wildman–Crippen LogP) is -1.26. The zero-order valence-electron chi connectivity index (χ0n) is 14.1. The number of fused-ring (bicyclic) bond motifs is 1. The SMILES string of the molecule is NNc1ncnc2c1nc(C1=CC=CC=CN1)n2[C@@H]1O[C@H](CO)[C@@H](O)[C@H]1O. The smallest absolute Gasteiger partial charge is 0.171 e. The summed E-state index contributed by atoms with van der Waals surface area (Å²) < 4.78 is 7.24. The molecule has 0 saturated carbocycles. The minimum atomic E-state index is -1.29. The molecule has 4 heterocycles. The fourth-order valence-electron chi connectivity index (χ4n) is 3.14. The third-order valence-corrected chi connectivity index (χ3v) is 4.45. The maximum atomic E-state index is 10.5. The zero-order chi connectivity index (χ0) is 19.0. The lowest BCUT2D eigenvalue weighted by atomic mass is 10.1. The molecule has 0 aliphatic carbocycles. The maximum absolute atomic E-state index is 10.5. The van der Waals surface area contributed by atoms with Crippen LogP contribution in [0, 0.1) is 0 Å². The van der Waals surface area contributed by atoms with Gasteiger partial charge in [-0.05, 0) is 12.2 Å². The summed E-state index contributed by atoms with van der Waals surface area (Å²) in [4.78, 5) is 12.9. The van der Waals surface area contributed by atoms with Gasteiger partial charge in [0.25, 0.3) is 0 Å². The Morgan fingerprint density at radius 1 is 1.22 bits per heavy atom. The van der Waals surface area contributed by atoms with Crippen molar-refractivity contribution >= 4 is 22.7 Å². The molecule has 0 unspecified atom stereocenters. The van der Waals surface area contributed by atoms with E-state index in [9.17, 15) is 15.3 Å². The van der Waals surface area contributed by atoms with E-state index in [0.717, 1.165) is 0 Å². The van der Waals surface area contributed by atoms with E-state index in [4.69, 9.17) is 10.6 Å². The van der Waals surface area contributed by atoms with Crippen molar-refractivity contribution in [3.63, 3.8) is 0 Å². The van der Waals surface area contributed by atoms with Gasteiger partial charge in [-0.15, -0.1) is 0 Å². The second-order valence-electron chi connectivity index (χ2n) is 6.04. The van der Waals surface area contributed by atoms with Crippen molar-refractivity contribution in [1.82, 2.24) is 24.8 Å². The summed E-state index contributed by atoms with van der Waals surface area (Å²) in [5, 5.41) is 33.2. The number of aliphatic hydroxyl groups is 3.